The van der Waals surface area contributed by atoms with Crippen LogP contribution in [-0.4, -0.2) is 32.5 Å². The van der Waals surface area contributed by atoms with Crippen molar-refractivity contribution in [3.05, 3.63) is 71.7 Å². The quantitative estimate of drug-likeness (QED) is 0.682. The molecular weight excluding hydrogens is 347 g/mol. The second-order valence-electron chi connectivity index (χ2n) is 7.04. The molecule has 1 unspecified atom stereocenters. The lowest BCUT2D eigenvalue weighted by molar-refractivity contribution is 0.334. The van der Waals surface area contributed by atoms with Gasteiger partial charge in [0.2, 0.25) is 0 Å². The second-order valence-corrected chi connectivity index (χ2v) is 9.39. The van der Waals surface area contributed by atoms with Gasteiger partial charge in [0, 0.05) is 39.9 Å². The number of halogens is 1. The van der Waals surface area contributed by atoms with Crippen LogP contribution in [0.3, 0.4) is 0 Å². The molecule has 0 aliphatic carbocycles. The van der Waals surface area contributed by atoms with Crippen LogP contribution in [0.15, 0.2) is 54.7 Å². The number of benzene rings is 2. The maximum atomic E-state index is 13.4. The van der Waals surface area contributed by atoms with E-state index in [0.717, 1.165) is 42.4 Å². The molecule has 1 saturated heterocycles. The summed E-state index contributed by atoms with van der Waals surface area (Å²) in [5.41, 5.74) is 3.14. The Bertz CT molecular complexity index is 1000. The molecule has 0 amide bonds. The molecule has 0 radical (unpaired) electrons. The number of fused-ring (bicyclic) bond motifs is 1. The van der Waals surface area contributed by atoms with Gasteiger partial charge in [-0.25, -0.2) is 8.70 Å². The van der Waals surface area contributed by atoms with Crippen molar-refractivity contribution in [2.75, 3.05) is 13.1 Å². The zero-order chi connectivity index (χ0) is 18.1. The summed E-state index contributed by atoms with van der Waals surface area (Å²) >= 11 is 0. The van der Waals surface area contributed by atoms with Gasteiger partial charge in [0.1, 0.15) is 5.82 Å². The molecule has 1 aliphatic heterocycles. The summed E-state index contributed by atoms with van der Waals surface area (Å²) in [5, 5.41) is 1.09. The third-order valence-electron chi connectivity index (χ3n) is 5.28. The van der Waals surface area contributed by atoms with E-state index < -0.39 is 9.71 Å². The van der Waals surface area contributed by atoms with Gasteiger partial charge in [-0.05, 0) is 54.0 Å². The number of aromatic amines is 1. The zero-order valence-electron chi connectivity index (χ0n) is 14.7. The number of hydrogen-bond acceptors (Lipinski definition) is 1. The lowest BCUT2D eigenvalue weighted by atomic mass is 9.90. The van der Waals surface area contributed by atoms with Crippen molar-refractivity contribution >= 4 is 26.5 Å². The van der Waals surface area contributed by atoms with Crippen molar-refractivity contribution < 1.29 is 8.60 Å². The molecule has 0 spiro atoms. The van der Waals surface area contributed by atoms with Gasteiger partial charge in [-0.15, -0.1) is 0 Å². The topological polar surface area (TPSA) is 36.1 Å². The van der Waals surface area contributed by atoms with E-state index in [1.54, 1.807) is 0 Å². The molecule has 2 heterocycles. The van der Waals surface area contributed by atoms with E-state index in [1.807, 2.05) is 46.9 Å². The van der Waals surface area contributed by atoms with E-state index >= 15 is 0 Å². The average molecular weight is 370 g/mol. The summed E-state index contributed by atoms with van der Waals surface area (Å²) in [7, 11) is -2.30. The average Bonchev–Trinajstić information content (AvgIpc) is 3.05. The minimum atomic E-state index is -2.30. The summed E-state index contributed by atoms with van der Waals surface area (Å²) in [5.74, 6) is 4.71. The van der Waals surface area contributed by atoms with E-state index in [0.29, 0.717) is 11.7 Å². The predicted molar refractivity (Wildman–Crippen MR) is 107 cm³/mol. The first-order chi connectivity index (χ1) is 12.5. The molecule has 1 fully saturated rings. The summed E-state index contributed by atoms with van der Waals surface area (Å²) in [6.07, 6.45) is 3.87. The van der Waals surface area contributed by atoms with Crippen molar-refractivity contribution in [1.82, 2.24) is 9.29 Å². The number of nitrogens with one attached hydrogen (secondary N) is 1. The van der Waals surface area contributed by atoms with Gasteiger partial charge in [-0.2, -0.15) is 0 Å². The summed E-state index contributed by atoms with van der Waals surface area (Å²) in [6, 6.07) is 14.8. The molecular formula is C21H23FN2OS. The number of aromatic nitrogens is 1. The van der Waals surface area contributed by atoms with E-state index in [-0.39, 0.29) is 5.82 Å². The number of nitrogens with zero attached hydrogens (tertiary/aromatic N) is 1. The Morgan fingerprint density at radius 3 is 2.62 bits per heavy atom. The van der Waals surface area contributed by atoms with Crippen molar-refractivity contribution in [3.63, 3.8) is 0 Å². The monoisotopic (exact) mass is 370 g/mol. The van der Waals surface area contributed by atoms with Gasteiger partial charge in [-0.1, -0.05) is 30.3 Å². The third-order valence-corrected chi connectivity index (χ3v) is 7.37. The Labute approximate surface area is 154 Å². The van der Waals surface area contributed by atoms with Gasteiger partial charge >= 0.3 is 0 Å². The fraction of sp³-hybridized carbons (Fsp3) is 0.286. The van der Waals surface area contributed by atoms with Crippen LogP contribution in [-0.2, 0) is 15.5 Å². The molecule has 136 valence electrons. The van der Waals surface area contributed by atoms with Crippen LogP contribution >= 0.6 is 0 Å². The Hall–Kier alpha value is -2.11. The SMILES string of the molecule is C=S(=O)(Cc1ccccc1)N1CCC(c2c[nH]c3cc(F)ccc23)CC1. The Morgan fingerprint density at radius 1 is 1.15 bits per heavy atom. The van der Waals surface area contributed by atoms with E-state index in [9.17, 15) is 8.60 Å². The molecule has 3 aromatic rings. The molecule has 26 heavy (non-hydrogen) atoms. The molecule has 0 saturated carbocycles. The Balaban J connectivity index is 1.46. The zero-order valence-corrected chi connectivity index (χ0v) is 15.5. The highest BCUT2D eigenvalue weighted by atomic mass is 32.2. The maximum Gasteiger partial charge on any atom is 0.125 e. The normalized spacial score (nSPS) is 18.8. The minimum Gasteiger partial charge on any atom is -0.361 e. The van der Waals surface area contributed by atoms with Gasteiger partial charge in [0.15, 0.2) is 0 Å². The van der Waals surface area contributed by atoms with E-state index in [4.69, 9.17) is 0 Å². The summed E-state index contributed by atoms with van der Waals surface area (Å²) < 4.78 is 28.6. The van der Waals surface area contributed by atoms with Crippen LogP contribution in [0.25, 0.3) is 10.9 Å². The highest BCUT2D eigenvalue weighted by Crippen LogP contribution is 2.34. The molecule has 5 heteroatoms. The van der Waals surface area contributed by atoms with Crippen LogP contribution in [0.4, 0.5) is 4.39 Å². The number of rotatable bonds is 4. The molecule has 1 atom stereocenters. The smallest absolute Gasteiger partial charge is 0.125 e. The van der Waals surface area contributed by atoms with Crippen molar-refractivity contribution in [3.8, 4) is 0 Å². The first-order valence-corrected chi connectivity index (χ1v) is 10.8. The van der Waals surface area contributed by atoms with Crippen LogP contribution in [0.1, 0.15) is 29.9 Å². The molecule has 1 N–H and O–H groups in total. The molecule has 2 aromatic carbocycles. The number of H-pyrrole nitrogens is 1. The van der Waals surface area contributed by atoms with Gasteiger partial charge < -0.3 is 4.98 Å². The van der Waals surface area contributed by atoms with Gasteiger partial charge in [0.05, 0.1) is 5.75 Å². The Kier molecular flexibility index (Phi) is 4.59. The molecule has 1 aromatic heterocycles. The number of piperidine rings is 1. The highest BCUT2D eigenvalue weighted by molar-refractivity contribution is 7.97. The standard InChI is InChI=1S/C21H23FN2OS/c1-26(25,15-16-5-3-2-4-6-16)24-11-9-17(10-12-24)20-14-23-21-13-18(22)7-8-19(20)21/h2-8,13-14,17,23H,1,9-12,15H2. The first kappa shape index (κ1) is 17.3. The molecule has 1 aliphatic rings. The predicted octanol–water partition coefficient (Wildman–Crippen LogP) is 4.32. The third kappa shape index (κ3) is 3.41. The molecule has 0 bridgehead atoms. The lowest BCUT2D eigenvalue weighted by Gasteiger charge is -2.34. The van der Waals surface area contributed by atoms with Crippen molar-refractivity contribution in [2.45, 2.75) is 24.5 Å². The molecule has 3 nitrogen and oxygen atoms in total. The highest BCUT2D eigenvalue weighted by Gasteiger charge is 2.26. The van der Waals surface area contributed by atoms with Crippen molar-refractivity contribution in [1.29, 1.82) is 0 Å². The Morgan fingerprint density at radius 2 is 1.88 bits per heavy atom. The van der Waals surface area contributed by atoms with Crippen LogP contribution in [0, 0.1) is 5.82 Å². The van der Waals surface area contributed by atoms with Crippen LogP contribution in [0.5, 0.6) is 0 Å². The van der Waals surface area contributed by atoms with Gasteiger partial charge in [0.25, 0.3) is 0 Å². The maximum absolute atomic E-state index is 13.4. The van der Waals surface area contributed by atoms with Crippen LogP contribution in [0.2, 0.25) is 0 Å². The largest absolute Gasteiger partial charge is 0.361 e. The fourth-order valence-electron chi connectivity index (χ4n) is 3.88. The summed E-state index contributed by atoms with van der Waals surface area (Å²) in [6.45, 7) is 1.54. The minimum absolute atomic E-state index is 0.224. The van der Waals surface area contributed by atoms with Crippen LogP contribution < -0.4 is 0 Å². The van der Waals surface area contributed by atoms with E-state index in [1.165, 1.54) is 17.7 Å². The first-order valence-electron chi connectivity index (χ1n) is 8.93. The lowest BCUT2D eigenvalue weighted by Crippen LogP contribution is -2.38. The summed E-state index contributed by atoms with van der Waals surface area (Å²) in [4.78, 5) is 3.18. The number of hydrogen-bond donors (Lipinski definition) is 1. The van der Waals surface area contributed by atoms with Crippen molar-refractivity contribution in [2.24, 2.45) is 0 Å². The van der Waals surface area contributed by atoms with Gasteiger partial charge in [-0.3, -0.25) is 4.21 Å². The second kappa shape index (κ2) is 6.89. The fourth-order valence-corrected chi connectivity index (χ4v) is 5.66. The molecule has 4 rings (SSSR count). The van der Waals surface area contributed by atoms with E-state index in [2.05, 4.69) is 10.9 Å².